The lowest BCUT2D eigenvalue weighted by atomic mass is 9.80. The van der Waals surface area contributed by atoms with Crippen LogP contribution in [0.3, 0.4) is 0 Å². The van der Waals surface area contributed by atoms with Crippen LogP contribution in [-0.2, 0) is 10.8 Å². The van der Waals surface area contributed by atoms with Crippen molar-refractivity contribution in [2.24, 2.45) is 5.92 Å². The van der Waals surface area contributed by atoms with E-state index in [1.165, 1.54) is 45.9 Å². The van der Waals surface area contributed by atoms with Crippen LogP contribution >= 0.6 is 11.6 Å². The van der Waals surface area contributed by atoms with Gasteiger partial charge in [0.1, 0.15) is 6.54 Å². The van der Waals surface area contributed by atoms with Crippen LogP contribution in [-0.4, -0.2) is 23.4 Å². The van der Waals surface area contributed by atoms with Crippen molar-refractivity contribution in [3.8, 4) is 0 Å². The molecule has 5 rings (SSSR count). The zero-order valence-corrected chi connectivity index (χ0v) is 25.6. The summed E-state index contributed by atoms with van der Waals surface area (Å²) in [6.45, 7) is 16.1. The quantitative estimate of drug-likeness (QED) is 0.301. The molecule has 39 heavy (non-hydrogen) atoms. The number of allylic oxidation sites excluding steroid dienone is 6. The van der Waals surface area contributed by atoms with Gasteiger partial charge in [-0.25, -0.2) is 0 Å². The second-order valence-electron chi connectivity index (χ2n) is 12.6. The van der Waals surface area contributed by atoms with Crippen molar-refractivity contribution < 1.29 is 4.58 Å². The summed E-state index contributed by atoms with van der Waals surface area (Å²) in [6.07, 6.45) is 13.9. The molecule has 0 aromatic heterocycles. The molecule has 0 bridgehead atoms. The van der Waals surface area contributed by atoms with E-state index in [1.807, 2.05) is 0 Å². The summed E-state index contributed by atoms with van der Waals surface area (Å²) < 4.78 is 2.52. The van der Waals surface area contributed by atoms with Crippen LogP contribution in [0.25, 0.3) is 0 Å². The molecule has 0 saturated heterocycles. The number of nitrogens with zero attached hydrogens (tertiary/aromatic N) is 2. The van der Waals surface area contributed by atoms with Gasteiger partial charge < -0.3 is 4.90 Å². The average Bonchev–Trinajstić information content (AvgIpc) is 3.27. The number of hydrogen-bond acceptors (Lipinski definition) is 1. The number of hydrogen-bond donors (Lipinski definition) is 0. The van der Waals surface area contributed by atoms with E-state index in [2.05, 4.69) is 118 Å². The smallest absolute Gasteiger partial charge is 0.209 e. The van der Waals surface area contributed by atoms with Gasteiger partial charge in [-0.15, -0.1) is 0 Å². The van der Waals surface area contributed by atoms with Crippen LogP contribution in [0.4, 0.5) is 11.4 Å². The van der Waals surface area contributed by atoms with Gasteiger partial charge in [-0.05, 0) is 69.1 Å². The van der Waals surface area contributed by atoms with Crippen LogP contribution in [0.1, 0.15) is 91.2 Å². The zero-order chi connectivity index (χ0) is 27.8. The van der Waals surface area contributed by atoms with Crippen molar-refractivity contribution in [1.82, 2.24) is 0 Å². The number of para-hydroxylation sites is 2. The summed E-state index contributed by atoms with van der Waals surface area (Å²) in [7, 11) is 0. The number of rotatable bonds is 8. The standard InChI is InChI=1S/C36H46ClN2/c1-7-24-38-30-18-11-9-16-28(30)35(3,4)32(38)22-20-26-14-13-15-27(34(26)37)21-23-33-36(5,6)29-17-10-12-19-31(29)39(33)25-8-2/h9-12,16-20,22-23,27H,7-8,13-15,21,24-25H2,1-6H3/q+1. The first kappa shape index (κ1) is 28.0. The second kappa shape index (κ2) is 11.1. The molecule has 1 atom stereocenters. The van der Waals surface area contributed by atoms with Crippen molar-refractivity contribution >= 4 is 28.7 Å². The molecule has 2 aromatic rings. The number of halogens is 1. The molecule has 0 spiro atoms. The van der Waals surface area contributed by atoms with E-state index in [0.717, 1.165) is 50.2 Å². The fourth-order valence-corrected chi connectivity index (χ4v) is 7.50. The van der Waals surface area contributed by atoms with E-state index in [9.17, 15) is 0 Å². The normalized spacial score (nSPS) is 22.8. The van der Waals surface area contributed by atoms with Gasteiger partial charge in [-0.2, -0.15) is 4.58 Å². The fraction of sp³-hybridized carbons (Fsp3) is 0.472. The maximum absolute atomic E-state index is 7.20. The first-order chi connectivity index (χ1) is 18.7. The van der Waals surface area contributed by atoms with Gasteiger partial charge in [0.05, 0.1) is 5.41 Å². The molecule has 0 amide bonds. The van der Waals surface area contributed by atoms with E-state index in [0.29, 0.717) is 5.92 Å². The Kier molecular flexibility index (Phi) is 7.98. The number of benzene rings is 2. The summed E-state index contributed by atoms with van der Waals surface area (Å²) in [6, 6.07) is 17.8. The molecule has 0 fully saturated rings. The molecule has 3 aliphatic rings. The van der Waals surface area contributed by atoms with Crippen LogP contribution < -0.4 is 4.90 Å². The third kappa shape index (κ3) is 4.95. The van der Waals surface area contributed by atoms with Gasteiger partial charge in [-0.1, -0.05) is 87.8 Å². The molecule has 2 aromatic carbocycles. The topological polar surface area (TPSA) is 6.25 Å². The first-order valence-electron chi connectivity index (χ1n) is 15.1. The maximum Gasteiger partial charge on any atom is 0.209 e. The molecule has 206 valence electrons. The summed E-state index contributed by atoms with van der Waals surface area (Å²) in [5, 5.41) is 1.07. The maximum atomic E-state index is 7.20. The van der Waals surface area contributed by atoms with Gasteiger partial charge in [-0.3, -0.25) is 0 Å². The minimum absolute atomic E-state index is 0.0143. The predicted molar refractivity (Wildman–Crippen MR) is 169 cm³/mol. The minimum atomic E-state index is -0.0143. The Hall–Kier alpha value is -2.58. The van der Waals surface area contributed by atoms with E-state index >= 15 is 0 Å². The largest absolute Gasteiger partial charge is 0.344 e. The molecule has 0 N–H and O–H groups in total. The highest BCUT2D eigenvalue weighted by Gasteiger charge is 2.44. The zero-order valence-electron chi connectivity index (χ0n) is 24.9. The van der Waals surface area contributed by atoms with Crippen molar-refractivity contribution in [2.45, 2.75) is 90.9 Å². The van der Waals surface area contributed by atoms with E-state index in [-0.39, 0.29) is 10.8 Å². The second-order valence-corrected chi connectivity index (χ2v) is 13.0. The Balaban J connectivity index is 1.42. The Morgan fingerprint density at radius 1 is 0.923 bits per heavy atom. The summed E-state index contributed by atoms with van der Waals surface area (Å²) in [5.74, 6) is 0.390. The molecular weight excluding hydrogens is 496 g/mol. The summed E-state index contributed by atoms with van der Waals surface area (Å²) in [4.78, 5) is 2.55. The molecule has 3 heteroatoms. The van der Waals surface area contributed by atoms with Crippen molar-refractivity contribution in [3.05, 3.63) is 94.2 Å². The van der Waals surface area contributed by atoms with Gasteiger partial charge in [0, 0.05) is 52.5 Å². The Morgan fingerprint density at radius 3 is 2.38 bits per heavy atom. The molecule has 2 heterocycles. The van der Waals surface area contributed by atoms with Crippen LogP contribution in [0.5, 0.6) is 0 Å². The van der Waals surface area contributed by atoms with Crippen LogP contribution in [0.15, 0.2) is 83.1 Å². The van der Waals surface area contributed by atoms with Gasteiger partial charge in [0.25, 0.3) is 0 Å². The fourth-order valence-electron chi connectivity index (χ4n) is 7.14. The lowest BCUT2D eigenvalue weighted by Crippen LogP contribution is -2.28. The molecule has 1 unspecified atom stereocenters. The highest BCUT2D eigenvalue weighted by Crippen LogP contribution is 2.48. The molecule has 0 radical (unpaired) electrons. The number of fused-ring (bicyclic) bond motifs is 2. The summed E-state index contributed by atoms with van der Waals surface area (Å²) >= 11 is 7.20. The lowest BCUT2D eigenvalue weighted by molar-refractivity contribution is -0.437. The molecule has 1 aliphatic carbocycles. The third-order valence-electron chi connectivity index (χ3n) is 9.20. The third-order valence-corrected chi connectivity index (χ3v) is 9.75. The van der Waals surface area contributed by atoms with E-state index < -0.39 is 0 Å². The predicted octanol–water partition coefficient (Wildman–Crippen LogP) is 9.80. The molecule has 0 saturated carbocycles. The monoisotopic (exact) mass is 541 g/mol. The molecular formula is C36H46ClN2+. The minimum Gasteiger partial charge on any atom is -0.344 e. The Bertz CT molecular complexity index is 1350. The Labute approximate surface area is 241 Å². The first-order valence-corrected chi connectivity index (χ1v) is 15.5. The summed E-state index contributed by atoms with van der Waals surface area (Å²) in [5.41, 5.74) is 9.73. The van der Waals surface area contributed by atoms with E-state index in [4.69, 9.17) is 11.6 Å². The van der Waals surface area contributed by atoms with Crippen molar-refractivity contribution in [1.29, 1.82) is 0 Å². The highest BCUT2D eigenvalue weighted by molar-refractivity contribution is 6.30. The molecule has 2 nitrogen and oxygen atoms in total. The van der Waals surface area contributed by atoms with Crippen LogP contribution in [0.2, 0.25) is 0 Å². The highest BCUT2D eigenvalue weighted by atomic mass is 35.5. The number of anilines is 1. The van der Waals surface area contributed by atoms with Crippen molar-refractivity contribution in [2.75, 3.05) is 18.0 Å². The van der Waals surface area contributed by atoms with Crippen LogP contribution in [0, 0.1) is 5.92 Å². The lowest BCUT2D eigenvalue weighted by Gasteiger charge is -2.29. The van der Waals surface area contributed by atoms with Gasteiger partial charge in [0.15, 0.2) is 5.71 Å². The Morgan fingerprint density at radius 2 is 1.64 bits per heavy atom. The SMILES string of the molecule is CCCN1C(=CCC2CCCC(C=CC3=[N+](CCC)c4ccccc4C3(C)C)=C2Cl)C(C)(C)c2ccccc21. The van der Waals surface area contributed by atoms with Gasteiger partial charge in [0.2, 0.25) is 5.69 Å². The van der Waals surface area contributed by atoms with Gasteiger partial charge >= 0.3 is 0 Å². The van der Waals surface area contributed by atoms with Crippen molar-refractivity contribution in [3.63, 3.8) is 0 Å². The average molecular weight is 542 g/mol. The van der Waals surface area contributed by atoms with E-state index in [1.54, 1.807) is 0 Å². The molecule has 2 aliphatic heterocycles.